The van der Waals surface area contributed by atoms with Crippen LogP contribution in [0.2, 0.25) is 0 Å². The third-order valence-electron chi connectivity index (χ3n) is 3.89. The van der Waals surface area contributed by atoms with Crippen LogP contribution in [0.4, 0.5) is 14.5 Å². The summed E-state index contributed by atoms with van der Waals surface area (Å²) in [5.41, 5.74) is 3.03. The smallest absolute Gasteiger partial charge is 0.208 e. The summed E-state index contributed by atoms with van der Waals surface area (Å²) < 4.78 is 31.7. The first-order chi connectivity index (χ1) is 12.7. The fourth-order valence-corrected chi connectivity index (χ4v) is 3.38. The predicted octanol–water partition coefficient (Wildman–Crippen LogP) is 4.61. The average Bonchev–Trinajstić information content (AvgIpc) is 2.66. The molecule has 4 rings (SSSR count). The van der Waals surface area contributed by atoms with Gasteiger partial charge in [-0.15, -0.1) is 0 Å². The van der Waals surface area contributed by atoms with E-state index in [2.05, 4.69) is 20.0 Å². The van der Waals surface area contributed by atoms with E-state index in [1.54, 1.807) is 12.4 Å². The lowest BCUT2D eigenvalue weighted by molar-refractivity contribution is 0.584. The zero-order valence-electron chi connectivity index (χ0n) is 13.5. The van der Waals surface area contributed by atoms with Crippen molar-refractivity contribution in [3.8, 4) is 11.1 Å². The minimum Gasteiger partial charge on any atom is -0.351 e. The van der Waals surface area contributed by atoms with Gasteiger partial charge in [-0.2, -0.15) is 4.40 Å². The van der Waals surface area contributed by atoms with Crippen LogP contribution in [-0.4, -0.2) is 10.9 Å². The minimum absolute atomic E-state index is 0.475. The lowest BCUT2D eigenvalue weighted by atomic mass is 10.0. The maximum Gasteiger partial charge on any atom is 0.208 e. The molecule has 2 heterocycles. The van der Waals surface area contributed by atoms with Crippen molar-refractivity contribution in [2.45, 2.75) is 11.4 Å². The predicted molar refractivity (Wildman–Crippen MR) is 99.8 cm³/mol. The Hall–Kier alpha value is -2.93. The van der Waals surface area contributed by atoms with Crippen LogP contribution in [0.3, 0.4) is 0 Å². The second kappa shape index (κ2) is 7.13. The van der Waals surface area contributed by atoms with Crippen molar-refractivity contribution in [1.82, 2.24) is 10.3 Å². The SMILES string of the molecule is Fc1cc(F)cc(-c2cccc3c2NC(NCc2ccncc2)=NS3)c1. The van der Waals surface area contributed by atoms with E-state index in [-0.39, 0.29) is 0 Å². The van der Waals surface area contributed by atoms with Gasteiger partial charge in [-0.3, -0.25) is 4.98 Å². The first kappa shape index (κ1) is 16.5. The number of nitrogens with one attached hydrogen (secondary N) is 2. The number of hydrogen-bond acceptors (Lipinski definition) is 5. The summed E-state index contributed by atoms with van der Waals surface area (Å²) in [6.45, 7) is 0.584. The molecule has 0 aliphatic carbocycles. The van der Waals surface area contributed by atoms with Crippen LogP contribution in [0.5, 0.6) is 0 Å². The summed E-state index contributed by atoms with van der Waals surface area (Å²) in [6.07, 6.45) is 3.46. The average molecular weight is 368 g/mol. The van der Waals surface area contributed by atoms with E-state index < -0.39 is 11.6 Å². The Morgan fingerprint density at radius 2 is 1.77 bits per heavy atom. The molecule has 0 unspecified atom stereocenters. The lowest BCUT2D eigenvalue weighted by Gasteiger charge is -2.21. The summed E-state index contributed by atoms with van der Waals surface area (Å²) in [5.74, 6) is -0.625. The molecule has 0 saturated carbocycles. The fourth-order valence-electron chi connectivity index (χ4n) is 2.68. The van der Waals surface area contributed by atoms with E-state index in [4.69, 9.17) is 0 Å². The molecule has 0 fully saturated rings. The summed E-state index contributed by atoms with van der Waals surface area (Å²) >= 11 is 1.31. The van der Waals surface area contributed by atoms with Gasteiger partial charge in [-0.25, -0.2) is 8.78 Å². The number of rotatable bonds is 3. The molecule has 1 aliphatic rings. The Balaban J connectivity index is 1.59. The molecule has 0 saturated heterocycles. The monoisotopic (exact) mass is 368 g/mol. The molecule has 1 aliphatic heterocycles. The molecule has 4 nitrogen and oxygen atoms in total. The normalized spacial score (nSPS) is 12.8. The second-order valence-corrected chi connectivity index (χ2v) is 6.51. The molecule has 2 aromatic carbocycles. The van der Waals surface area contributed by atoms with E-state index in [9.17, 15) is 8.78 Å². The highest BCUT2D eigenvalue weighted by molar-refractivity contribution is 7.98. The molecule has 0 amide bonds. The zero-order chi connectivity index (χ0) is 17.9. The Morgan fingerprint density at radius 1 is 1.00 bits per heavy atom. The molecular formula is C19H14F2N4S. The van der Waals surface area contributed by atoms with Crippen molar-refractivity contribution in [1.29, 1.82) is 0 Å². The largest absolute Gasteiger partial charge is 0.351 e. The van der Waals surface area contributed by atoms with Gasteiger partial charge in [0.1, 0.15) is 11.6 Å². The number of hydrogen-bond donors (Lipinski definition) is 2. The fraction of sp³-hybridized carbons (Fsp3) is 0.0526. The van der Waals surface area contributed by atoms with Gasteiger partial charge in [0.15, 0.2) is 0 Å². The van der Waals surface area contributed by atoms with Crippen molar-refractivity contribution < 1.29 is 8.78 Å². The third-order valence-corrected chi connectivity index (χ3v) is 4.70. The topological polar surface area (TPSA) is 49.3 Å². The molecule has 0 atom stereocenters. The number of aromatic nitrogens is 1. The number of fused-ring (bicyclic) bond motifs is 1. The number of pyridine rings is 1. The maximum atomic E-state index is 13.6. The summed E-state index contributed by atoms with van der Waals surface area (Å²) in [7, 11) is 0. The summed E-state index contributed by atoms with van der Waals surface area (Å²) in [4.78, 5) is 4.88. The number of guanidine groups is 1. The number of benzene rings is 2. The van der Waals surface area contributed by atoms with Crippen molar-refractivity contribution >= 4 is 23.6 Å². The van der Waals surface area contributed by atoms with Crippen LogP contribution >= 0.6 is 11.9 Å². The molecule has 130 valence electrons. The van der Waals surface area contributed by atoms with Gasteiger partial charge >= 0.3 is 0 Å². The zero-order valence-corrected chi connectivity index (χ0v) is 14.4. The quantitative estimate of drug-likeness (QED) is 0.663. The summed E-state index contributed by atoms with van der Waals surface area (Å²) in [5, 5.41) is 6.45. The number of halogens is 2. The number of anilines is 1. The first-order valence-corrected chi connectivity index (χ1v) is 8.71. The molecule has 0 spiro atoms. The molecule has 26 heavy (non-hydrogen) atoms. The highest BCUT2D eigenvalue weighted by atomic mass is 32.2. The van der Waals surface area contributed by atoms with E-state index in [0.29, 0.717) is 23.6 Å². The van der Waals surface area contributed by atoms with E-state index >= 15 is 0 Å². The first-order valence-electron chi connectivity index (χ1n) is 7.93. The number of nitrogens with zero attached hydrogens (tertiary/aromatic N) is 2. The van der Waals surface area contributed by atoms with E-state index in [1.165, 1.54) is 24.1 Å². The van der Waals surface area contributed by atoms with Crippen LogP contribution in [0.1, 0.15) is 5.56 Å². The van der Waals surface area contributed by atoms with Gasteiger partial charge in [0, 0.05) is 42.5 Å². The van der Waals surface area contributed by atoms with Crippen molar-refractivity contribution in [3.63, 3.8) is 0 Å². The molecule has 7 heteroatoms. The Morgan fingerprint density at radius 3 is 2.54 bits per heavy atom. The minimum atomic E-state index is -0.606. The van der Waals surface area contributed by atoms with Crippen molar-refractivity contribution in [2.24, 2.45) is 4.40 Å². The molecule has 2 N–H and O–H groups in total. The standard InChI is InChI=1S/C19H14F2N4S/c20-14-8-13(9-15(21)10-14)16-2-1-3-17-18(16)24-19(25-26-17)23-11-12-4-6-22-7-5-12/h1-10H,11H2,(H2,23,24,25). The third kappa shape index (κ3) is 3.52. The van der Waals surface area contributed by atoms with Crippen molar-refractivity contribution in [2.75, 3.05) is 5.32 Å². The Labute approximate surface area is 153 Å². The van der Waals surface area contributed by atoms with Gasteiger partial charge in [0.05, 0.1) is 10.6 Å². The molecule has 1 aromatic heterocycles. The maximum absolute atomic E-state index is 13.6. The van der Waals surface area contributed by atoms with E-state index in [0.717, 1.165) is 22.2 Å². The van der Waals surface area contributed by atoms with Gasteiger partial charge < -0.3 is 10.6 Å². The van der Waals surface area contributed by atoms with Crippen LogP contribution < -0.4 is 10.6 Å². The van der Waals surface area contributed by atoms with Crippen LogP contribution in [0.25, 0.3) is 11.1 Å². The number of para-hydroxylation sites is 1. The van der Waals surface area contributed by atoms with Crippen LogP contribution in [-0.2, 0) is 6.54 Å². The Bertz CT molecular complexity index is 956. The van der Waals surface area contributed by atoms with Crippen LogP contribution in [0, 0.1) is 11.6 Å². The van der Waals surface area contributed by atoms with Gasteiger partial charge in [0.2, 0.25) is 5.96 Å². The molecule has 0 radical (unpaired) electrons. The summed E-state index contributed by atoms with van der Waals surface area (Å²) in [6, 6.07) is 12.9. The van der Waals surface area contributed by atoms with Crippen LogP contribution in [0.15, 0.2) is 70.2 Å². The Kier molecular flexibility index (Phi) is 4.53. The molecular weight excluding hydrogens is 354 g/mol. The second-order valence-electron chi connectivity index (χ2n) is 5.70. The highest BCUT2D eigenvalue weighted by Gasteiger charge is 2.18. The van der Waals surface area contributed by atoms with E-state index in [1.807, 2.05) is 30.3 Å². The van der Waals surface area contributed by atoms with Gasteiger partial charge in [-0.1, -0.05) is 12.1 Å². The highest BCUT2D eigenvalue weighted by Crippen LogP contribution is 2.39. The lowest BCUT2D eigenvalue weighted by Crippen LogP contribution is -2.31. The van der Waals surface area contributed by atoms with Gasteiger partial charge in [0.25, 0.3) is 0 Å². The van der Waals surface area contributed by atoms with Gasteiger partial charge in [-0.05, 0) is 41.5 Å². The molecule has 3 aromatic rings. The van der Waals surface area contributed by atoms with Crippen molar-refractivity contribution in [3.05, 3.63) is 78.1 Å². The molecule has 0 bridgehead atoms.